The summed E-state index contributed by atoms with van der Waals surface area (Å²) in [5.74, 6) is -0.00452. The Balaban J connectivity index is 2.91. The average Bonchev–Trinajstić information content (AvgIpc) is 2.55. The number of nitrogens with zero attached hydrogens (tertiary/aromatic N) is 3. The first-order chi connectivity index (χ1) is 11.8. The van der Waals surface area contributed by atoms with Gasteiger partial charge in [-0.25, -0.2) is 15.0 Å². The molecule has 1 aromatic rings. The predicted molar refractivity (Wildman–Crippen MR) is 105 cm³/mol. The number of aliphatic imine (C=N–C) groups is 1. The van der Waals surface area contributed by atoms with Gasteiger partial charge in [-0.2, -0.15) is 0 Å². The third-order valence-electron chi connectivity index (χ3n) is 3.95. The van der Waals surface area contributed by atoms with Gasteiger partial charge in [0.2, 0.25) is 0 Å². The Hall–Kier alpha value is -1.90. The second kappa shape index (κ2) is 10.2. The first-order valence-electron chi connectivity index (χ1n) is 8.56. The summed E-state index contributed by atoms with van der Waals surface area (Å²) in [7, 11) is 0. The molecule has 0 spiro atoms. The molecular weight excluding hydrogens is 386 g/mol. The van der Waals surface area contributed by atoms with Gasteiger partial charge in [0, 0.05) is 0 Å². The molecule has 7 N–H and O–H groups in total. The van der Waals surface area contributed by atoms with Gasteiger partial charge in [-0.1, -0.05) is 33.6 Å². The van der Waals surface area contributed by atoms with Crippen molar-refractivity contribution in [1.82, 2.24) is 15.3 Å². The number of halogens is 1. The van der Waals surface area contributed by atoms with Crippen molar-refractivity contribution < 1.29 is 4.79 Å². The van der Waals surface area contributed by atoms with Crippen LogP contribution in [0, 0.1) is 5.92 Å². The molecule has 0 aliphatic carbocycles. The topological polar surface area (TPSA) is 145 Å². The van der Waals surface area contributed by atoms with E-state index < -0.39 is 5.91 Å². The molecule has 0 unspecified atom stereocenters. The number of aromatic nitrogens is 2. The Labute approximate surface area is 157 Å². The van der Waals surface area contributed by atoms with Gasteiger partial charge in [-0.05, 0) is 41.1 Å². The quantitative estimate of drug-likeness (QED) is 0.380. The summed E-state index contributed by atoms with van der Waals surface area (Å²) in [6.45, 7) is 6.39. The Morgan fingerprint density at radius 3 is 2.28 bits per heavy atom. The number of rotatable bonds is 8. The zero-order chi connectivity index (χ0) is 19.0. The molecule has 0 aliphatic heterocycles. The lowest BCUT2D eigenvalue weighted by molar-refractivity contribution is 0.0972. The van der Waals surface area contributed by atoms with Gasteiger partial charge in [-0.15, -0.1) is 0 Å². The number of guanidine groups is 1. The van der Waals surface area contributed by atoms with Crippen LogP contribution in [0.1, 0.15) is 63.4 Å². The third kappa shape index (κ3) is 6.15. The van der Waals surface area contributed by atoms with Crippen molar-refractivity contribution in [3.05, 3.63) is 10.3 Å². The molecule has 0 bridgehead atoms. The maximum Gasteiger partial charge on any atom is 0.280 e. The van der Waals surface area contributed by atoms with Gasteiger partial charge in [0.1, 0.15) is 4.60 Å². The van der Waals surface area contributed by atoms with E-state index in [0.29, 0.717) is 5.92 Å². The maximum absolute atomic E-state index is 12.3. The number of carbonyl (C=O) groups is 1. The smallest absolute Gasteiger partial charge is 0.280 e. The third-order valence-corrected chi connectivity index (χ3v) is 4.53. The van der Waals surface area contributed by atoms with Crippen molar-refractivity contribution in [3.63, 3.8) is 0 Å². The SMILES string of the molecule is CCCC(CCC)[C@@H](CC)N=C(N)NC(=O)c1nc(Br)c(N)nc1N. The summed E-state index contributed by atoms with van der Waals surface area (Å²) in [6.07, 6.45) is 5.21. The van der Waals surface area contributed by atoms with E-state index in [2.05, 4.69) is 57.0 Å². The van der Waals surface area contributed by atoms with Crippen LogP contribution in [0.25, 0.3) is 0 Å². The molecule has 25 heavy (non-hydrogen) atoms. The largest absolute Gasteiger partial charge is 0.382 e. The van der Waals surface area contributed by atoms with Crippen molar-refractivity contribution in [2.75, 3.05) is 11.5 Å². The van der Waals surface area contributed by atoms with E-state index in [0.717, 1.165) is 32.1 Å². The standard InChI is InChI=1S/C16H28BrN7O/c1-4-7-9(8-5-2)10(6-3)21-16(20)24-15(25)11-13(18)23-14(19)12(17)22-11/h9-10H,4-8H2,1-3H3,(H4,18,19,23)(H3,20,21,24,25)/t10-/m1/s1. The Morgan fingerprint density at radius 1 is 1.16 bits per heavy atom. The molecule has 140 valence electrons. The normalized spacial score (nSPS) is 13.1. The van der Waals surface area contributed by atoms with Gasteiger partial charge < -0.3 is 17.2 Å². The molecule has 0 radical (unpaired) electrons. The maximum atomic E-state index is 12.3. The van der Waals surface area contributed by atoms with Gasteiger partial charge >= 0.3 is 0 Å². The van der Waals surface area contributed by atoms with Gasteiger partial charge in [0.15, 0.2) is 23.3 Å². The van der Waals surface area contributed by atoms with Crippen LogP contribution in [0.5, 0.6) is 0 Å². The second-order valence-corrected chi connectivity index (χ2v) is 6.67. The Morgan fingerprint density at radius 2 is 1.76 bits per heavy atom. The number of amides is 1. The molecule has 0 aromatic carbocycles. The fraction of sp³-hybridized carbons (Fsp3) is 0.625. The van der Waals surface area contributed by atoms with Crippen LogP contribution >= 0.6 is 15.9 Å². The predicted octanol–water partition coefficient (Wildman–Crippen LogP) is 2.44. The lowest BCUT2D eigenvalue weighted by Crippen LogP contribution is -2.39. The average molecular weight is 414 g/mol. The van der Waals surface area contributed by atoms with Crippen molar-refractivity contribution in [2.45, 2.75) is 58.9 Å². The van der Waals surface area contributed by atoms with Crippen molar-refractivity contribution >= 4 is 39.4 Å². The van der Waals surface area contributed by atoms with Gasteiger partial charge in [0.05, 0.1) is 6.04 Å². The van der Waals surface area contributed by atoms with Crippen molar-refractivity contribution in [3.8, 4) is 0 Å². The number of nitrogens with one attached hydrogen (secondary N) is 1. The Kier molecular flexibility index (Phi) is 8.60. The van der Waals surface area contributed by atoms with E-state index in [9.17, 15) is 4.79 Å². The van der Waals surface area contributed by atoms with Crippen molar-refractivity contribution in [1.29, 1.82) is 0 Å². The van der Waals surface area contributed by atoms with E-state index in [1.54, 1.807) is 0 Å². The van der Waals surface area contributed by atoms with E-state index in [1.165, 1.54) is 0 Å². The minimum atomic E-state index is -0.565. The minimum absolute atomic E-state index is 0.0501. The first kappa shape index (κ1) is 21.1. The first-order valence-corrected chi connectivity index (χ1v) is 9.36. The zero-order valence-electron chi connectivity index (χ0n) is 15.1. The summed E-state index contributed by atoms with van der Waals surface area (Å²) in [6, 6.07) is 0.0711. The van der Waals surface area contributed by atoms with E-state index in [-0.39, 0.29) is 33.9 Å². The van der Waals surface area contributed by atoms with Gasteiger partial charge in [0.25, 0.3) is 5.91 Å². The van der Waals surface area contributed by atoms with Crippen LogP contribution in [0.2, 0.25) is 0 Å². The molecule has 0 saturated heterocycles. The molecule has 0 aliphatic rings. The van der Waals surface area contributed by atoms with Crippen LogP contribution < -0.4 is 22.5 Å². The minimum Gasteiger partial charge on any atom is -0.382 e. The highest BCUT2D eigenvalue weighted by Gasteiger charge is 2.20. The molecule has 1 amide bonds. The fourth-order valence-corrected chi connectivity index (χ4v) is 3.06. The summed E-state index contributed by atoms with van der Waals surface area (Å²) in [5.41, 5.74) is 17.2. The van der Waals surface area contributed by atoms with Crippen molar-refractivity contribution in [2.24, 2.45) is 16.6 Å². The summed E-state index contributed by atoms with van der Waals surface area (Å²) in [4.78, 5) is 24.7. The van der Waals surface area contributed by atoms with E-state index in [1.807, 2.05) is 0 Å². The lowest BCUT2D eigenvalue weighted by atomic mass is 9.89. The van der Waals surface area contributed by atoms with E-state index in [4.69, 9.17) is 17.2 Å². The zero-order valence-corrected chi connectivity index (χ0v) is 16.6. The highest BCUT2D eigenvalue weighted by atomic mass is 79.9. The Bertz CT molecular complexity index is 615. The molecule has 0 fully saturated rings. The number of hydrogen-bond acceptors (Lipinski definition) is 6. The number of nitrogens with two attached hydrogens (primary N) is 3. The lowest BCUT2D eigenvalue weighted by Gasteiger charge is -2.23. The summed E-state index contributed by atoms with van der Waals surface area (Å²) < 4.78 is 0.250. The molecule has 0 saturated carbocycles. The van der Waals surface area contributed by atoms with Crippen LogP contribution in [0.15, 0.2) is 9.60 Å². The molecule has 1 aromatic heterocycles. The van der Waals surface area contributed by atoms with Crippen LogP contribution in [0.3, 0.4) is 0 Å². The van der Waals surface area contributed by atoms with E-state index >= 15 is 0 Å². The fourth-order valence-electron chi connectivity index (χ4n) is 2.80. The number of nitrogen functional groups attached to an aromatic ring is 2. The highest BCUT2D eigenvalue weighted by Crippen LogP contribution is 2.22. The molecule has 1 atom stereocenters. The second-order valence-electron chi connectivity index (χ2n) is 5.91. The summed E-state index contributed by atoms with van der Waals surface area (Å²) >= 11 is 3.12. The molecule has 1 rings (SSSR count). The molecular formula is C16H28BrN7O. The number of carbonyl (C=O) groups excluding carboxylic acids is 1. The van der Waals surface area contributed by atoms with Gasteiger partial charge in [-0.3, -0.25) is 10.1 Å². The molecule has 1 heterocycles. The highest BCUT2D eigenvalue weighted by molar-refractivity contribution is 9.10. The number of hydrogen-bond donors (Lipinski definition) is 4. The molecule has 8 nitrogen and oxygen atoms in total. The van der Waals surface area contributed by atoms with Crippen LogP contribution in [-0.4, -0.2) is 27.9 Å². The summed E-state index contributed by atoms with van der Waals surface area (Å²) in [5, 5.41) is 2.53. The monoisotopic (exact) mass is 413 g/mol. The van der Waals surface area contributed by atoms with Crippen LogP contribution in [0.4, 0.5) is 11.6 Å². The number of anilines is 2. The van der Waals surface area contributed by atoms with Crippen LogP contribution in [-0.2, 0) is 0 Å². The molecule has 9 heteroatoms.